The quantitative estimate of drug-likeness (QED) is 0.0500. The molecule has 0 spiro atoms. The highest BCUT2D eigenvalue weighted by atomic mass is 79.9. The minimum Gasteiger partial charge on any atom is -0.497 e. The number of ether oxygens (including phenoxy) is 9. The molecule has 0 saturated heterocycles. The van der Waals surface area contributed by atoms with E-state index in [4.69, 9.17) is 42.6 Å². The molecule has 0 bridgehead atoms. The van der Waals surface area contributed by atoms with Crippen molar-refractivity contribution in [1.82, 2.24) is 0 Å². The number of hydrogen-bond acceptors (Lipinski definition) is 9. The topological polar surface area (TPSA) is 83.1 Å². The Morgan fingerprint density at radius 3 is 0.943 bits per heavy atom. The Morgan fingerprint density at radius 1 is 0.189 bits per heavy atom. The lowest BCUT2D eigenvalue weighted by Gasteiger charge is -2.14. The van der Waals surface area contributed by atoms with Gasteiger partial charge in [0.2, 0.25) is 0 Å². The largest absolute Gasteiger partial charge is 0.497 e. The Morgan fingerprint density at radius 2 is 0.525 bits per heavy atom. The normalized spacial score (nSPS) is 10.3. The SMILES string of the molecule is Brc1cc(-c2ccccc2)ccc1OCc1ccccc1.Brc1cc(Cc2ccccc2)ccc1OCc1ccccc1.Brc1cccc(-c2ccccc2)c1OCc1ccccc1.Brc1cccc(Cc2ccccc2)c1OCc1ccccc1.COc1cc(Br)c(OCc2ccccc2)c(OC)c1.COc1cccc(Br)c1OCc1ccccc1. The van der Waals surface area contributed by atoms with Gasteiger partial charge in [-0.05, 0) is 229 Å². The number of para-hydroxylation sites is 3. The molecule has 0 aliphatic rings. The Hall–Kier alpha value is -11.4. The third kappa shape index (κ3) is 30.0. The molecule has 0 atom stereocenters. The highest BCUT2D eigenvalue weighted by Gasteiger charge is 2.16. The highest BCUT2D eigenvalue weighted by Crippen LogP contribution is 2.42. The fourth-order valence-electron chi connectivity index (χ4n) is 12.3. The second-order valence-corrected chi connectivity index (χ2v) is 32.5. The van der Waals surface area contributed by atoms with Crippen LogP contribution in [0.5, 0.6) is 51.7 Å². The summed E-state index contributed by atoms with van der Waals surface area (Å²) < 4.78 is 56.9. The maximum Gasteiger partial charge on any atom is 0.176 e. The molecule has 0 aliphatic heterocycles. The number of benzene rings is 16. The van der Waals surface area contributed by atoms with Crippen LogP contribution in [0.1, 0.15) is 55.6 Å². The molecule has 15 heteroatoms. The van der Waals surface area contributed by atoms with Crippen molar-refractivity contribution in [3.05, 3.63) is 489 Å². The molecule has 16 aromatic rings. The summed E-state index contributed by atoms with van der Waals surface area (Å²) in [6, 6.07) is 137. The first-order chi connectivity index (χ1) is 59.9. The smallest absolute Gasteiger partial charge is 0.176 e. The van der Waals surface area contributed by atoms with Crippen LogP contribution in [0.4, 0.5) is 0 Å². The van der Waals surface area contributed by atoms with Gasteiger partial charge in [-0.15, -0.1) is 0 Å². The van der Waals surface area contributed by atoms with Crippen LogP contribution in [-0.4, -0.2) is 21.3 Å². The van der Waals surface area contributed by atoms with Gasteiger partial charge in [0.25, 0.3) is 0 Å². The van der Waals surface area contributed by atoms with Crippen LogP contribution >= 0.6 is 95.6 Å². The molecule has 16 aromatic carbocycles. The minimum atomic E-state index is 0.488. The molecule has 0 N–H and O–H groups in total. The van der Waals surface area contributed by atoms with Crippen LogP contribution < -0.4 is 42.6 Å². The summed E-state index contributed by atoms with van der Waals surface area (Å²) in [7, 11) is 4.86. The van der Waals surface area contributed by atoms with Crippen LogP contribution in [0.25, 0.3) is 22.3 Å². The van der Waals surface area contributed by atoms with E-state index < -0.39 is 0 Å². The van der Waals surface area contributed by atoms with Gasteiger partial charge in [0.1, 0.15) is 68.4 Å². The first kappa shape index (κ1) is 91.3. The fourth-order valence-corrected chi connectivity index (χ4v) is 15.4. The molecular weight excluding hydrogens is 1910 g/mol. The van der Waals surface area contributed by atoms with Crippen molar-refractivity contribution in [3.63, 3.8) is 0 Å². The molecule has 0 unspecified atom stereocenters. The number of methoxy groups -OCH3 is 3. The van der Waals surface area contributed by atoms with E-state index >= 15 is 0 Å². The number of hydrogen-bond donors (Lipinski definition) is 0. The average molecular weight is 2000 g/mol. The molecule has 0 radical (unpaired) electrons. The summed E-state index contributed by atoms with van der Waals surface area (Å²) in [5.41, 5.74) is 16.6. The van der Waals surface area contributed by atoms with Crippen molar-refractivity contribution in [3.8, 4) is 74.0 Å². The van der Waals surface area contributed by atoms with E-state index in [0.29, 0.717) is 51.1 Å². The third-order valence-corrected chi connectivity index (χ3v) is 22.3. The summed E-state index contributed by atoms with van der Waals surface area (Å²) in [4.78, 5) is 0. The van der Waals surface area contributed by atoms with Crippen molar-refractivity contribution in [2.24, 2.45) is 0 Å². The van der Waals surface area contributed by atoms with Crippen molar-refractivity contribution in [2.75, 3.05) is 21.3 Å². The predicted molar refractivity (Wildman–Crippen MR) is 519 cm³/mol. The van der Waals surface area contributed by atoms with Gasteiger partial charge in [-0.2, -0.15) is 0 Å². The molecule has 0 amide bonds. The fraction of sp³-hybridized carbons (Fsp3) is 0.103. The van der Waals surface area contributed by atoms with Crippen molar-refractivity contribution < 1.29 is 42.6 Å². The van der Waals surface area contributed by atoms with Gasteiger partial charge >= 0.3 is 0 Å². The van der Waals surface area contributed by atoms with E-state index in [1.807, 2.05) is 237 Å². The van der Waals surface area contributed by atoms with Gasteiger partial charge in [0, 0.05) is 18.1 Å². The molecule has 0 aromatic heterocycles. The Labute approximate surface area is 768 Å². The molecule has 0 saturated carbocycles. The van der Waals surface area contributed by atoms with Crippen molar-refractivity contribution >= 4 is 95.6 Å². The summed E-state index contributed by atoms with van der Waals surface area (Å²) in [6.07, 6.45) is 1.79. The van der Waals surface area contributed by atoms with Crippen LogP contribution in [0.15, 0.2) is 433 Å². The Balaban J connectivity index is 0.000000143. The molecule has 122 heavy (non-hydrogen) atoms. The first-order valence-electron chi connectivity index (χ1n) is 39.4. The molecule has 616 valence electrons. The van der Waals surface area contributed by atoms with Gasteiger partial charge in [-0.1, -0.05) is 346 Å². The predicted octanol–water partition coefficient (Wildman–Crippen LogP) is 30.7. The molecule has 0 heterocycles. The van der Waals surface area contributed by atoms with E-state index in [9.17, 15) is 0 Å². The van der Waals surface area contributed by atoms with Crippen LogP contribution in [0.3, 0.4) is 0 Å². The lowest BCUT2D eigenvalue weighted by Crippen LogP contribution is -2.00. The van der Waals surface area contributed by atoms with E-state index in [-0.39, 0.29) is 0 Å². The van der Waals surface area contributed by atoms with E-state index in [1.54, 1.807) is 27.4 Å². The number of rotatable bonds is 27. The standard InChI is InChI=1S/2C20H17BrO.2C19H15BrO.C15H15BrO3.C14H13BrO2/c21-19-13-7-12-18(14-16-8-3-1-4-9-16)20(19)22-15-17-10-5-2-6-11-17;21-19-14-18(13-16-7-3-1-4-8-16)11-12-20(19)22-15-17-9-5-2-6-10-17;20-18-13-7-12-17(16-10-5-2-6-11-16)19(18)21-14-15-8-3-1-4-9-15;20-18-13-17(16-9-5-2-6-10-16)11-12-19(18)21-14-15-7-3-1-4-8-15;1-17-12-8-13(16)15(14(9-12)18-2)19-10-11-6-4-3-5-7-11;1-16-13-9-5-8-12(15)14(13)17-10-11-6-3-2-4-7-11/h1-13H,14-15H2;1-12,14H,13,15H2;2*1-13H,14H2;3-9H,10H2,1-2H3;2-9H,10H2,1H3. The Kier molecular flexibility index (Phi) is 38.0. The maximum atomic E-state index is 6.08. The zero-order valence-corrected chi connectivity index (χ0v) is 77.3. The molecular formula is C107H92Br6O9. The average Bonchev–Trinajstić information content (AvgIpc) is 0.653. The maximum absolute atomic E-state index is 6.08. The summed E-state index contributed by atoms with van der Waals surface area (Å²) >= 11 is 21.3. The second-order valence-electron chi connectivity index (χ2n) is 27.4. The summed E-state index contributed by atoms with van der Waals surface area (Å²) in [6.45, 7) is 3.30. The second kappa shape index (κ2) is 50.7. The van der Waals surface area contributed by atoms with Gasteiger partial charge in [0.15, 0.2) is 23.0 Å². The van der Waals surface area contributed by atoms with E-state index in [2.05, 4.69) is 259 Å². The van der Waals surface area contributed by atoms with Crippen LogP contribution in [0.2, 0.25) is 0 Å². The van der Waals surface area contributed by atoms with Crippen molar-refractivity contribution in [1.29, 1.82) is 0 Å². The van der Waals surface area contributed by atoms with Gasteiger partial charge in [0.05, 0.1) is 48.2 Å². The summed E-state index contributed by atoms with van der Waals surface area (Å²) in [5.74, 6) is 7.04. The van der Waals surface area contributed by atoms with Crippen LogP contribution in [-0.2, 0) is 52.5 Å². The zero-order valence-electron chi connectivity index (χ0n) is 67.8. The third-order valence-electron chi connectivity index (χ3n) is 18.6. The van der Waals surface area contributed by atoms with Crippen molar-refractivity contribution in [2.45, 2.75) is 52.5 Å². The molecule has 16 rings (SSSR count). The van der Waals surface area contributed by atoms with Gasteiger partial charge < -0.3 is 42.6 Å². The minimum absolute atomic E-state index is 0.488. The van der Waals surface area contributed by atoms with Gasteiger partial charge in [-0.3, -0.25) is 0 Å². The lowest BCUT2D eigenvalue weighted by atomic mass is 10.0. The first-order valence-corrected chi connectivity index (χ1v) is 44.2. The van der Waals surface area contributed by atoms with E-state index in [1.165, 1.54) is 44.5 Å². The zero-order chi connectivity index (χ0) is 85.1. The lowest BCUT2D eigenvalue weighted by molar-refractivity contribution is 0.281. The van der Waals surface area contributed by atoms with E-state index in [0.717, 1.165) is 113 Å². The number of halogens is 6. The molecule has 0 fully saturated rings. The monoisotopic (exact) mass is 1990 g/mol. The van der Waals surface area contributed by atoms with Gasteiger partial charge in [-0.25, -0.2) is 0 Å². The molecule has 9 nitrogen and oxygen atoms in total. The van der Waals surface area contributed by atoms with Crippen LogP contribution in [0, 0.1) is 0 Å². The Bertz CT molecular complexity index is 5720. The summed E-state index contributed by atoms with van der Waals surface area (Å²) in [5, 5.41) is 0. The highest BCUT2D eigenvalue weighted by molar-refractivity contribution is 9.11. The molecule has 0 aliphatic carbocycles.